The molecule has 0 heterocycles. The minimum absolute atomic E-state index is 0.403. The summed E-state index contributed by atoms with van der Waals surface area (Å²) < 4.78 is 0. The molecule has 0 rings (SSSR count). The lowest BCUT2D eigenvalue weighted by Crippen LogP contribution is -2.61. The highest BCUT2D eigenvalue weighted by molar-refractivity contribution is 5.94. The third-order valence-electron chi connectivity index (χ3n) is 4.36. The highest BCUT2D eigenvalue weighted by Crippen LogP contribution is 2.07. The fourth-order valence-corrected chi connectivity index (χ4v) is 2.41. The van der Waals surface area contributed by atoms with E-state index in [4.69, 9.17) is 5.73 Å². The summed E-state index contributed by atoms with van der Waals surface area (Å²) in [6.07, 6.45) is -2.46. The maximum atomic E-state index is 12.6. The molecule has 0 aliphatic heterocycles. The van der Waals surface area contributed by atoms with Crippen LogP contribution in [0.3, 0.4) is 0 Å². The molecule has 3 amide bonds. The molecule has 0 fully saturated rings. The number of hydrogen-bond acceptors (Lipinski definition) is 7. The second kappa shape index (κ2) is 11.7. The highest BCUT2D eigenvalue weighted by atomic mass is 16.4. The fraction of sp³-hybridized carbons (Fsp3) is 0.778. The standard InChI is InChI=1S/C18H34N4O7/c1-7(2)12(20-15(25)11(19)9(5)23)16(26)22-14(10(6)24)17(27)21-13(8(3)4)18(28)29/h7-14,23-24H,19H2,1-6H3,(H,20,25)(H,21,27)(H,22,26)(H,28,29). The van der Waals surface area contributed by atoms with E-state index in [9.17, 15) is 34.5 Å². The summed E-state index contributed by atoms with van der Waals surface area (Å²) in [5.41, 5.74) is 5.56. The maximum absolute atomic E-state index is 12.6. The molecule has 6 unspecified atom stereocenters. The molecular weight excluding hydrogens is 384 g/mol. The van der Waals surface area contributed by atoms with Gasteiger partial charge in [-0.1, -0.05) is 27.7 Å². The maximum Gasteiger partial charge on any atom is 0.326 e. The van der Waals surface area contributed by atoms with Gasteiger partial charge in [0.2, 0.25) is 17.7 Å². The Kier molecular flexibility index (Phi) is 10.8. The molecule has 168 valence electrons. The molecule has 11 heteroatoms. The molecule has 0 radical (unpaired) electrons. The van der Waals surface area contributed by atoms with E-state index >= 15 is 0 Å². The number of amides is 3. The molecule has 0 bridgehead atoms. The second-order valence-electron chi connectivity index (χ2n) is 7.79. The summed E-state index contributed by atoms with van der Waals surface area (Å²) >= 11 is 0. The number of nitrogens with one attached hydrogen (secondary N) is 3. The van der Waals surface area contributed by atoms with E-state index < -0.39 is 71.9 Å². The van der Waals surface area contributed by atoms with Crippen LogP contribution in [0, 0.1) is 11.8 Å². The summed E-state index contributed by atoms with van der Waals surface area (Å²) in [6.45, 7) is 9.10. The second-order valence-corrected chi connectivity index (χ2v) is 7.79. The van der Waals surface area contributed by atoms with Crippen LogP contribution in [0.1, 0.15) is 41.5 Å². The van der Waals surface area contributed by atoms with Crippen LogP contribution in [0.15, 0.2) is 0 Å². The van der Waals surface area contributed by atoms with Gasteiger partial charge in [0, 0.05) is 0 Å². The minimum atomic E-state index is -1.44. The minimum Gasteiger partial charge on any atom is -0.480 e. The zero-order valence-electron chi connectivity index (χ0n) is 17.7. The third kappa shape index (κ3) is 8.34. The van der Waals surface area contributed by atoms with Gasteiger partial charge in [-0.15, -0.1) is 0 Å². The van der Waals surface area contributed by atoms with Gasteiger partial charge in [0.1, 0.15) is 24.2 Å². The van der Waals surface area contributed by atoms with Gasteiger partial charge < -0.3 is 37.0 Å². The van der Waals surface area contributed by atoms with Crippen molar-refractivity contribution in [2.45, 2.75) is 77.9 Å². The molecular formula is C18H34N4O7. The summed E-state index contributed by atoms with van der Waals surface area (Å²) in [5, 5.41) is 35.6. The number of aliphatic carboxylic acids is 1. The normalized spacial score (nSPS) is 17.6. The van der Waals surface area contributed by atoms with Crippen LogP contribution in [0.25, 0.3) is 0 Å². The first-order valence-corrected chi connectivity index (χ1v) is 9.46. The van der Waals surface area contributed by atoms with Crippen LogP contribution in [0.5, 0.6) is 0 Å². The van der Waals surface area contributed by atoms with Gasteiger partial charge >= 0.3 is 5.97 Å². The Balaban J connectivity index is 5.37. The Morgan fingerprint density at radius 3 is 1.38 bits per heavy atom. The smallest absolute Gasteiger partial charge is 0.326 e. The topological polar surface area (TPSA) is 191 Å². The van der Waals surface area contributed by atoms with Crippen molar-refractivity contribution >= 4 is 23.7 Å². The molecule has 0 saturated heterocycles. The largest absolute Gasteiger partial charge is 0.480 e. The monoisotopic (exact) mass is 418 g/mol. The van der Waals surface area contributed by atoms with E-state index in [-0.39, 0.29) is 0 Å². The van der Waals surface area contributed by atoms with Gasteiger partial charge in [0.25, 0.3) is 0 Å². The average molecular weight is 418 g/mol. The summed E-state index contributed by atoms with van der Waals surface area (Å²) in [4.78, 5) is 48.5. The van der Waals surface area contributed by atoms with E-state index in [0.717, 1.165) is 0 Å². The Morgan fingerprint density at radius 1 is 0.655 bits per heavy atom. The molecule has 0 spiro atoms. The van der Waals surface area contributed by atoms with E-state index in [2.05, 4.69) is 16.0 Å². The zero-order valence-corrected chi connectivity index (χ0v) is 17.7. The number of carboxylic acids is 1. The number of aliphatic hydroxyl groups excluding tert-OH is 2. The first kappa shape index (κ1) is 26.8. The number of hydrogen-bond donors (Lipinski definition) is 7. The molecule has 0 aliphatic carbocycles. The summed E-state index contributed by atoms with van der Waals surface area (Å²) in [6, 6.07) is -4.99. The van der Waals surface area contributed by atoms with Gasteiger partial charge in [-0.3, -0.25) is 14.4 Å². The summed E-state index contributed by atoms with van der Waals surface area (Å²) in [5.74, 6) is -4.46. The van der Waals surface area contributed by atoms with Crippen LogP contribution < -0.4 is 21.7 Å². The number of carbonyl (C=O) groups excluding carboxylic acids is 3. The quantitative estimate of drug-likeness (QED) is 0.199. The number of aliphatic hydroxyl groups is 2. The first-order valence-electron chi connectivity index (χ1n) is 9.46. The van der Waals surface area contributed by atoms with Gasteiger partial charge in [-0.05, 0) is 25.7 Å². The zero-order chi connectivity index (χ0) is 23.0. The first-order chi connectivity index (χ1) is 13.2. The molecule has 0 saturated carbocycles. The lowest BCUT2D eigenvalue weighted by Gasteiger charge is -2.28. The SMILES string of the molecule is CC(C)C(NC(=O)C(NC(=O)C(NC(=O)C(N)C(C)O)C(C)C)C(C)O)C(=O)O. The van der Waals surface area contributed by atoms with Crippen LogP contribution in [0.2, 0.25) is 0 Å². The van der Waals surface area contributed by atoms with Crippen molar-refractivity contribution < 1.29 is 34.5 Å². The van der Waals surface area contributed by atoms with Crippen LogP contribution >= 0.6 is 0 Å². The van der Waals surface area contributed by atoms with Crippen molar-refractivity contribution in [2.75, 3.05) is 0 Å². The third-order valence-corrected chi connectivity index (χ3v) is 4.36. The highest BCUT2D eigenvalue weighted by Gasteiger charge is 2.34. The van der Waals surface area contributed by atoms with Crippen LogP contribution in [-0.2, 0) is 19.2 Å². The lowest BCUT2D eigenvalue weighted by molar-refractivity contribution is -0.144. The Hall–Kier alpha value is -2.24. The Bertz CT molecular complexity index is 593. The van der Waals surface area contributed by atoms with Crippen molar-refractivity contribution in [1.29, 1.82) is 0 Å². The Labute approximate surface area is 170 Å². The molecule has 0 aliphatic rings. The van der Waals surface area contributed by atoms with Crippen molar-refractivity contribution in [3.05, 3.63) is 0 Å². The number of nitrogens with two attached hydrogens (primary N) is 1. The van der Waals surface area contributed by atoms with Crippen molar-refractivity contribution in [2.24, 2.45) is 17.6 Å². The Morgan fingerprint density at radius 2 is 1.03 bits per heavy atom. The predicted octanol–water partition coefficient (Wildman–Crippen LogP) is -2.07. The van der Waals surface area contributed by atoms with E-state index in [1.165, 1.54) is 13.8 Å². The van der Waals surface area contributed by atoms with Gasteiger partial charge in [0.15, 0.2) is 0 Å². The molecule has 0 aromatic heterocycles. The van der Waals surface area contributed by atoms with Crippen molar-refractivity contribution in [3.8, 4) is 0 Å². The fourth-order valence-electron chi connectivity index (χ4n) is 2.41. The van der Waals surface area contributed by atoms with Crippen LogP contribution in [-0.4, -0.2) is 75.4 Å². The lowest BCUT2D eigenvalue weighted by atomic mass is 10.0. The van der Waals surface area contributed by atoms with E-state index in [1.54, 1.807) is 27.7 Å². The molecule has 29 heavy (non-hydrogen) atoms. The average Bonchev–Trinajstić information content (AvgIpc) is 2.59. The van der Waals surface area contributed by atoms with Crippen molar-refractivity contribution in [1.82, 2.24) is 16.0 Å². The van der Waals surface area contributed by atoms with Crippen molar-refractivity contribution in [3.63, 3.8) is 0 Å². The van der Waals surface area contributed by atoms with Gasteiger partial charge in [-0.25, -0.2) is 4.79 Å². The van der Waals surface area contributed by atoms with Gasteiger partial charge in [0.05, 0.1) is 12.2 Å². The number of carbonyl (C=O) groups is 4. The van der Waals surface area contributed by atoms with Gasteiger partial charge in [-0.2, -0.15) is 0 Å². The van der Waals surface area contributed by atoms with E-state index in [0.29, 0.717) is 0 Å². The molecule has 11 nitrogen and oxygen atoms in total. The van der Waals surface area contributed by atoms with E-state index in [1.807, 2.05) is 0 Å². The van der Waals surface area contributed by atoms with Crippen LogP contribution in [0.4, 0.5) is 0 Å². The molecule has 8 N–H and O–H groups in total. The number of rotatable bonds is 11. The molecule has 0 aromatic carbocycles. The summed E-state index contributed by atoms with van der Waals surface area (Å²) in [7, 11) is 0. The predicted molar refractivity (Wildman–Crippen MR) is 104 cm³/mol. The molecule has 6 atom stereocenters. The number of carboxylic acid groups (broad SMARTS) is 1. The molecule has 0 aromatic rings.